The highest BCUT2D eigenvalue weighted by molar-refractivity contribution is 6.17. The van der Waals surface area contributed by atoms with Crippen LogP contribution >= 0.6 is 0 Å². The van der Waals surface area contributed by atoms with Crippen LogP contribution in [0, 0.1) is 0 Å². The van der Waals surface area contributed by atoms with Gasteiger partial charge in [-0.05, 0) is 53.5 Å². The van der Waals surface area contributed by atoms with Crippen LogP contribution in [0.2, 0.25) is 0 Å². The molecule has 0 aliphatic heterocycles. The van der Waals surface area contributed by atoms with E-state index in [9.17, 15) is 4.11 Å². The number of furan rings is 2. The number of aromatic nitrogens is 4. The molecule has 0 spiro atoms. The van der Waals surface area contributed by atoms with Crippen LogP contribution in [0.15, 0.2) is 166 Å². The number of hydrogen-bond donors (Lipinski definition) is 0. The third-order valence-corrected chi connectivity index (χ3v) is 8.80. The van der Waals surface area contributed by atoms with E-state index in [4.69, 9.17) is 40.2 Å². The van der Waals surface area contributed by atoms with Crippen molar-refractivity contribution in [3.8, 4) is 39.9 Å². The Bertz CT molecular complexity index is 3990. The smallest absolute Gasteiger partial charge is 0.238 e. The molecule has 0 unspecified atom stereocenters. The molecule has 4 heterocycles. The van der Waals surface area contributed by atoms with Crippen molar-refractivity contribution in [2.45, 2.75) is 0 Å². The lowest BCUT2D eigenvalue weighted by molar-refractivity contribution is 0.669. The van der Waals surface area contributed by atoms with Crippen LogP contribution in [0.25, 0.3) is 106 Å². The summed E-state index contributed by atoms with van der Waals surface area (Å²) in [6.45, 7) is 0. The molecule has 0 saturated carbocycles. The highest BCUT2D eigenvalue weighted by Crippen LogP contribution is 2.40. The minimum Gasteiger partial charge on any atom is -0.456 e. The van der Waals surface area contributed by atoms with Gasteiger partial charge in [-0.25, -0.2) is 4.98 Å². The molecule has 7 aromatic carbocycles. The average molecular weight is 670 g/mol. The van der Waals surface area contributed by atoms with Crippen LogP contribution in [-0.2, 0) is 0 Å². The summed E-state index contributed by atoms with van der Waals surface area (Å²) >= 11 is 0. The molecule has 0 radical (unpaired) electrons. The third kappa shape index (κ3) is 4.26. The number of hydrogen-bond acceptors (Lipinski definition) is 5. The first-order chi connectivity index (χ1) is 31.5. The van der Waals surface area contributed by atoms with Crippen LogP contribution in [0.4, 0.5) is 0 Å². The largest absolute Gasteiger partial charge is 0.456 e. The van der Waals surface area contributed by atoms with E-state index in [-0.39, 0.29) is 79.0 Å². The maximum Gasteiger partial charge on any atom is 0.238 e. The van der Waals surface area contributed by atoms with Gasteiger partial charge < -0.3 is 8.83 Å². The van der Waals surface area contributed by atoms with Crippen LogP contribution in [0.1, 0.15) is 20.6 Å². The molecule has 0 bridgehead atoms. The fourth-order valence-corrected chi connectivity index (χ4v) is 6.56. The van der Waals surface area contributed by atoms with Gasteiger partial charge in [0.15, 0.2) is 11.6 Å². The number of nitrogens with zero attached hydrogens (tertiary/aromatic N) is 4. The van der Waals surface area contributed by atoms with Crippen LogP contribution in [0.5, 0.6) is 0 Å². The number of fused-ring (bicyclic) bond motifs is 9. The molecule has 0 saturated heterocycles. The molecule has 0 atom stereocenters. The maximum absolute atomic E-state index is 9.74. The van der Waals surface area contributed by atoms with Gasteiger partial charge >= 0.3 is 0 Å². The molecule has 51 heavy (non-hydrogen) atoms. The predicted octanol–water partition coefficient (Wildman–Crippen LogP) is 11.8. The zero-order chi connectivity index (χ0) is 46.5. The van der Waals surface area contributed by atoms with Crippen molar-refractivity contribution in [3.05, 3.63) is 157 Å². The van der Waals surface area contributed by atoms with Crippen molar-refractivity contribution in [2.75, 3.05) is 0 Å². The molecule has 11 aromatic rings. The number of benzene rings is 7. The molecule has 6 nitrogen and oxygen atoms in total. The molecule has 0 amide bonds. The molecule has 0 aliphatic carbocycles. The fourth-order valence-electron chi connectivity index (χ4n) is 6.56. The lowest BCUT2D eigenvalue weighted by atomic mass is 9.99. The molecule has 11 rings (SSSR count). The zero-order valence-corrected chi connectivity index (χ0v) is 26.0. The van der Waals surface area contributed by atoms with Crippen molar-refractivity contribution in [3.63, 3.8) is 0 Å². The molecule has 0 N–H and O–H groups in total. The Hall–Kier alpha value is -7.05. The first kappa shape index (κ1) is 17.1. The molecule has 0 aliphatic rings. The van der Waals surface area contributed by atoms with E-state index in [1.165, 1.54) is 4.57 Å². The van der Waals surface area contributed by atoms with E-state index >= 15 is 0 Å². The monoisotopic (exact) mass is 669 g/mol. The van der Waals surface area contributed by atoms with E-state index < -0.39 is 78.6 Å². The molecular formula is C45H26N4O2. The fraction of sp³-hybridized carbons (Fsp3) is 0. The van der Waals surface area contributed by atoms with E-state index in [0.717, 1.165) is 0 Å². The van der Waals surface area contributed by atoms with Crippen molar-refractivity contribution < 1.29 is 29.4 Å². The SMILES string of the molecule is [2H]c1c([2H])c([2H])c(-c2cccc3oc4cc(-c5nc(-c6ccccc6)nc(-n6c7c([2H])c([2H])c([2H])c([2H])c7c7c([2H])c8oc9c([2H])c([2H])c([2H])c([2H])c9c8c([2H])c76)n5)ccc4c23)c([2H])c1[2H]. The van der Waals surface area contributed by atoms with Crippen molar-refractivity contribution in [1.82, 2.24) is 19.5 Å². The van der Waals surface area contributed by atoms with Crippen molar-refractivity contribution in [1.29, 1.82) is 0 Å². The lowest BCUT2D eigenvalue weighted by Crippen LogP contribution is -2.06. The van der Waals surface area contributed by atoms with E-state index in [1.807, 2.05) is 0 Å². The second kappa shape index (κ2) is 10.7. The number of para-hydroxylation sites is 2. The van der Waals surface area contributed by atoms with Gasteiger partial charge in [0.05, 0.1) is 31.6 Å². The van der Waals surface area contributed by atoms with E-state index in [2.05, 4.69) is 0 Å². The van der Waals surface area contributed by atoms with E-state index in [0.29, 0.717) is 38.6 Å². The van der Waals surface area contributed by atoms with Gasteiger partial charge in [0, 0.05) is 43.4 Å². The van der Waals surface area contributed by atoms with Gasteiger partial charge in [0.2, 0.25) is 5.95 Å². The number of rotatable bonds is 4. The van der Waals surface area contributed by atoms with Gasteiger partial charge in [0.25, 0.3) is 0 Å². The topological polar surface area (TPSA) is 69.9 Å². The van der Waals surface area contributed by atoms with Gasteiger partial charge in [-0.3, -0.25) is 4.57 Å². The third-order valence-electron chi connectivity index (χ3n) is 8.80. The Morgan fingerprint density at radius 2 is 1.24 bits per heavy atom. The quantitative estimate of drug-likeness (QED) is 0.186. The molecule has 4 aromatic heterocycles. The average Bonchev–Trinajstić information content (AvgIpc) is 4.03. The summed E-state index contributed by atoms with van der Waals surface area (Å²) < 4.78 is 144. The van der Waals surface area contributed by atoms with Crippen molar-refractivity contribution >= 4 is 65.7 Å². The second-order valence-corrected chi connectivity index (χ2v) is 11.7. The first-order valence-electron chi connectivity index (χ1n) is 23.2. The molecule has 0 fully saturated rings. The molecule has 238 valence electrons. The summed E-state index contributed by atoms with van der Waals surface area (Å²) in [5.74, 6) is -0.0651. The van der Waals surface area contributed by atoms with Gasteiger partial charge in [-0.15, -0.1) is 0 Å². The zero-order valence-electron chi connectivity index (χ0n) is 41.0. The summed E-state index contributed by atoms with van der Waals surface area (Å²) in [5, 5.41) is 0.440. The Morgan fingerprint density at radius 3 is 2.12 bits per heavy atom. The van der Waals surface area contributed by atoms with Gasteiger partial charge in [-0.2, -0.15) is 9.97 Å². The summed E-state index contributed by atoms with van der Waals surface area (Å²) in [6, 6.07) is 11.3. The Labute approximate surface area is 311 Å². The van der Waals surface area contributed by atoms with Crippen molar-refractivity contribution in [2.24, 2.45) is 0 Å². The van der Waals surface area contributed by atoms with Crippen LogP contribution in [0.3, 0.4) is 0 Å². The summed E-state index contributed by atoms with van der Waals surface area (Å²) in [7, 11) is 0. The van der Waals surface area contributed by atoms with Crippen LogP contribution < -0.4 is 0 Å². The Morgan fingerprint density at radius 1 is 0.471 bits per heavy atom. The first-order valence-corrected chi connectivity index (χ1v) is 15.7. The highest BCUT2D eigenvalue weighted by atomic mass is 16.3. The molecule has 6 heteroatoms. The van der Waals surface area contributed by atoms with E-state index in [1.54, 1.807) is 66.7 Å². The summed E-state index contributed by atoms with van der Waals surface area (Å²) in [5.41, 5.74) is 1.03. The second-order valence-electron chi connectivity index (χ2n) is 11.7. The minimum atomic E-state index is -0.617. The van der Waals surface area contributed by atoms with Crippen LogP contribution in [-0.4, -0.2) is 19.5 Å². The predicted molar refractivity (Wildman–Crippen MR) is 205 cm³/mol. The molecular weight excluding hydrogens is 629 g/mol. The van der Waals surface area contributed by atoms with Gasteiger partial charge in [0.1, 0.15) is 22.3 Å². The Kier molecular flexibility index (Phi) is 3.59. The minimum absolute atomic E-state index is 0.00258. The summed E-state index contributed by atoms with van der Waals surface area (Å²) in [6.07, 6.45) is 0. The summed E-state index contributed by atoms with van der Waals surface area (Å²) in [4.78, 5) is 14.5. The maximum atomic E-state index is 9.74. The van der Waals surface area contributed by atoms with Gasteiger partial charge in [-0.1, -0.05) is 115 Å². The lowest BCUT2D eigenvalue weighted by Gasteiger charge is -2.11. The normalized spacial score (nSPS) is 16.0. The standard InChI is InChI=1S/C45H26N4O2/c1-3-12-27(13-4-1)30-18-11-21-39-42(30)33-23-22-29(24-40(33)51-39)44-46-43(28-14-5-2-6-15-28)47-45(48-44)49-36-19-9-7-16-31(36)34-26-41-35(25-37(34)49)32-17-8-10-20-38(32)50-41/h1-26H/i1D,3D,4D,7D,8D,9D,10D,12D,13D,16D,17D,19D,20D,25D,26D. The Balaban J connectivity index is 1.23. The highest BCUT2D eigenvalue weighted by Gasteiger charge is 2.21.